The highest BCUT2D eigenvalue weighted by Crippen LogP contribution is 2.24. The van der Waals surface area contributed by atoms with Crippen molar-refractivity contribution in [2.24, 2.45) is 4.40 Å². The Morgan fingerprint density at radius 1 is 1.06 bits per heavy atom. The molecule has 1 N–H and O–H groups in total. The summed E-state index contributed by atoms with van der Waals surface area (Å²) >= 11 is 0. The molecule has 2 aromatic carbocycles. The Morgan fingerprint density at radius 2 is 1.82 bits per heavy atom. The fraction of sp³-hybridized carbons (Fsp3) is 0.167. The lowest BCUT2D eigenvalue weighted by molar-refractivity contribution is -0.150. The second-order valence-corrected chi connectivity index (χ2v) is 9.42. The zero-order valence-corrected chi connectivity index (χ0v) is 19.0. The van der Waals surface area contributed by atoms with Crippen molar-refractivity contribution >= 4 is 39.2 Å². The average molecular weight is 480 g/mol. The van der Waals surface area contributed by atoms with Crippen LogP contribution in [0.2, 0.25) is 0 Å². The normalized spacial score (nSPS) is 17.0. The van der Waals surface area contributed by atoms with Gasteiger partial charge in [0.2, 0.25) is 6.10 Å². The van der Waals surface area contributed by atoms with Crippen LogP contribution in [0.5, 0.6) is 0 Å². The Bertz CT molecular complexity index is 1350. The summed E-state index contributed by atoms with van der Waals surface area (Å²) in [4.78, 5) is 39.2. The summed E-state index contributed by atoms with van der Waals surface area (Å²) in [5.74, 6) is -1.45. The third-order valence-electron chi connectivity index (χ3n) is 5.16. The van der Waals surface area contributed by atoms with Gasteiger partial charge in [-0.15, -0.1) is 4.40 Å². The van der Waals surface area contributed by atoms with Crippen molar-refractivity contribution in [1.82, 2.24) is 4.90 Å². The molecule has 0 bridgehead atoms. The molecule has 174 valence electrons. The average Bonchev–Trinajstić information content (AvgIpc) is 2.82. The summed E-state index contributed by atoms with van der Waals surface area (Å²) in [6, 6.07) is 15.0. The van der Waals surface area contributed by atoms with Gasteiger partial charge in [0, 0.05) is 29.6 Å². The van der Waals surface area contributed by atoms with E-state index in [2.05, 4.69) is 9.71 Å². The molecule has 9 nitrogen and oxygen atoms in total. The molecule has 0 aromatic heterocycles. The van der Waals surface area contributed by atoms with Crippen LogP contribution < -0.4 is 5.32 Å². The van der Waals surface area contributed by atoms with E-state index in [0.717, 1.165) is 0 Å². The van der Waals surface area contributed by atoms with E-state index in [1.807, 2.05) is 0 Å². The van der Waals surface area contributed by atoms with Gasteiger partial charge >= 0.3 is 5.97 Å². The highest BCUT2D eigenvalue weighted by atomic mass is 32.2. The van der Waals surface area contributed by atoms with Crippen LogP contribution in [-0.4, -0.2) is 49.1 Å². The maximum atomic E-state index is 13.1. The van der Waals surface area contributed by atoms with Crippen molar-refractivity contribution in [2.75, 3.05) is 17.6 Å². The number of hydrogen-bond acceptors (Lipinski definition) is 7. The lowest BCUT2D eigenvalue weighted by Crippen LogP contribution is -2.37. The Hall–Kier alpha value is -4.05. The predicted molar refractivity (Wildman–Crippen MR) is 126 cm³/mol. The number of benzene rings is 2. The number of carbonyl (C=O) groups excluding carboxylic acids is 3. The molecular formula is C24H21N3O6S. The monoisotopic (exact) mass is 479 g/mol. The highest BCUT2D eigenvalue weighted by Gasteiger charge is 2.29. The highest BCUT2D eigenvalue weighted by molar-refractivity contribution is 7.90. The maximum absolute atomic E-state index is 13.1. The SMILES string of the molecule is CC(=O)c1cccc(NC(=O)[C@@H](OC(=O)C2=CN3CCS(=O)(=O)N=C3C=C2)c2ccccc2)c1. The van der Waals surface area contributed by atoms with Crippen LogP contribution in [0, 0.1) is 0 Å². The number of ether oxygens (including phenoxy) is 1. The summed E-state index contributed by atoms with van der Waals surface area (Å²) in [6.45, 7) is 1.58. The van der Waals surface area contributed by atoms with Gasteiger partial charge in [-0.1, -0.05) is 42.5 Å². The second kappa shape index (κ2) is 9.44. The molecule has 2 heterocycles. The maximum Gasteiger partial charge on any atom is 0.340 e. The molecule has 0 radical (unpaired) electrons. The first-order valence-corrected chi connectivity index (χ1v) is 12.0. The molecule has 1 amide bonds. The standard InChI is InChI=1S/C24H21N3O6S/c1-16(28)18-8-5-9-20(14-18)25-23(29)22(17-6-3-2-4-7-17)33-24(30)19-10-11-21-26-34(31,32)13-12-27(21)15-19/h2-11,14-15,22H,12-13H2,1H3,(H,25,29)/t22-/m0/s1. The number of amidine groups is 1. The first-order chi connectivity index (χ1) is 16.2. The van der Waals surface area contributed by atoms with Gasteiger partial charge in [0.25, 0.3) is 15.9 Å². The van der Waals surface area contributed by atoms with Crippen molar-refractivity contribution in [3.63, 3.8) is 0 Å². The molecule has 34 heavy (non-hydrogen) atoms. The van der Waals surface area contributed by atoms with Crippen molar-refractivity contribution in [2.45, 2.75) is 13.0 Å². The minimum atomic E-state index is -3.52. The lowest BCUT2D eigenvalue weighted by atomic mass is 10.1. The van der Waals surface area contributed by atoms with E-state index in [0.29, 0.717) is 16.8 Å². The van der Waals surface area contributed by atoms with Gasteiger partial charge in [-0.2, -0.15) is 0 Å². The van der Waals surface area contributed by atoms with E-state index in [1.165, 1.54) is 25.3 Å². The Labute approximate surface area is 196 Å². The molecule has 0 unspecified atom stereocenters. The first kappa shape index (κ1) is 23.1. The fourth-order valence-corrected chi connectivity index (χ4v) is 4.39. The molecule has 2 aromatic rings. The summed E-state index contributed by atoms with van der Waals surface area (Å²) < 4.78 is 32.6. The number of anilines is 1. The van der Waals surface area contributed by atoms with E-state index < -0.39 is 28.0 Å². The Balaban J connectivity index is 1.56. The fourth-order valence-electron chi connectivity index (χ4n) is 3.42. The molecule has 0 fully saturated rings. The molecule has 1 atom stereocenters. The van der Waals surface area contributed by atoms with Gasteiger partial charge in [-0.05, 0) is 31.2 Å². The van der Waals surface area contributed by atoms with E-state index in [1.54, 1.807) is 59.5 Å². The topological polar surface area (TPSA) is 122 Å². The number of amides is 1. The van der Waals surface area contributed by atoms with Crippen LogP contribution in [0.25, 0.3) is 0 Å². The van der Waals surface area contributed by atoms with Crippen LogP contribution in [0.15, 0.2) is 82.9 Å². The number of esters is 1. The Kier molecular flexibility index (Phi) is 6.42. The van der Waals surface area contributed by atoms with Gasteiger partial charge in [-0.25, -0.2) is 13.2 Å². The van der Waals surface area contributed by atoms with Crippen molar-refractivity contribution in [3.8, 4) is 0 Å². The van der Waals surface area contributed by atoms with Crippen molar-refractivity contribution in [1.29, 1.82) is 0 Å². The van der Waals surface area contributed by atoms with E-state index >= 15 is 0 Å². The number of carbonyl (C=O) groups is 3. The summed E-state index contributed by atoms with van der Waals surface area (Å²) in [6.07, 6.45) is 3.00. The minimum absolute atomic E-state index is 0.144. The molecule has 0 saturated carbocycles. The third kappa shape index (κ3) is 5.29. The van der Waals surface area contributed by atoms with Gasteiger partial charge in [0.05, 0.1) is 11.3 Å². The number of ketones is 1. The number of hydrogen-bond donors (Lipinski definition) is 1. The van der Waals surface area contributed by atoms with Crippen LogP contribution >= 0.6 is 0 Å². The van der Waals surface area contributed by atoms with Crippen molar-refractivity contribution < 1.29 is 27.5 Å². The minimum Gasteiger partial charge on any atom is -0.444 e. The number of nitrogens with one attached hydrogen (secondary N) is 1. The van der Waals surface area contributed by atoms with Gasteiger partial charge in [0.15, 0.2) is 5.78 Å². The van der Waals surface area contributed by atoms with Crippen LogP contribution in [0.3, 0.4) is 0 Å². The quantitative estimate of drug-likeness (QED) is 0.499. The molecule has 2 aliphatic heterocycles. The molecule has 10 heteroatoms. The van der Waals surface area contributed by atoms with E-state index in [-0.39, 0.29) is 29.5 Å². The lowest BCUT2D eigenvalue weighted by Gasteiger charge is -2.27. The molecule has 2 aliphatic rings. The third-order valence-corrected chi connectivity index (χ3v) is 6.33. The zero-order valence-electron chi connectivity index (χ0n) is 18.2. The number of rotatable bonds is 6. The number of fused-ring (bicyclic) bond motifs is 1. The largest absolute Gasteiger partial charge is 0.444 e. The van der Waals surface area contributed by atoms with E-state index in [9.17, 15) is 22.8 Å². The zero-order chi connectivity index (χ0) is 24.3. The van der Waals surface area contributed by atoms with Crippen molar-refractivity contribution in [3.05, 3.63) is 89.6 Å². The summed E-state index contributed by atoms with van der Waals surface area (Å²) in [7, 11) is -3.52. The smallest absolute Gasteiger partial charge is 0.340 e. The number of sulfonamides is 1. The van der Waals surface area contributed by atoms with E-state index in [4.69, 9.17) is 4.74 Å². The number of Topliss-reactive ketones (excluding diaryl/α,β-unsaturated/α-hetero) is 1. The van der Waals surface area contributed by atoms with Crippen LogP contribution in [-0.2, 0) is 24.3 Å². The van der Waals surface area contributed by atoms with Crippen LogP contribution in [0.4, 0.5) is 5.69 Å². The van der Waals surface area contributed by atoms with Gasteiger partial charge < -0.3 is 15.0 Å². The first-order valence-electron chi connectivity index (χ1n) is 10.4. The molecular weight excluding hydrogens is 458 g/mol. The van der Waals surface area contributed by atoms with Gasteiger partial charge in [0.1, 0.15) is 5.84 Å². The summed E-state index contributed by atoms with van der Waals surface area (Å²) in [5, 5.41) is 2.70. The molecule has 0 aliphatic carbocycles. The molecule has 0 spiro atoms. The Morgan fingerprint density at radius 3 is 2.56 bits per heavy atom. The summed E-state index contributed by atoms with van der Waals surface area (Å²) in [5.41, 5.74) is 1.43. The second-order valence-electron chi connectivity index (χ2n) is 7.67. The molecule has 4 rings (SSSR count). The molecule has 0 saturated heterocycles. The number of nitrogens with zero attached hydrogens (tertiary/aromatic N) is 2. The van der Waals surface area contributed by atoms with Crippen LogP contribution in [0.1, 0.15) is 28.9 Å². The predicted octanol–water partition coefficient (Wildman–Crippen LogP) is 2.61. The van der Waals surface area contributed by atoms with Gasteiger partial charge in [-0.3, -0.25) is 9.59 Å².